The van der Waals surface area contributed by atoms with Crippen molar-refractivity contribution in [3.8, 4) is 0 Å². The molecule has 0 radical (unpaired) electrons. The highest BCUT2D eigenvalue weighted by Gasteiger charge is 2.30. The Bertz CT molecular complexity index is 135. The Balaban J connectivity index is 2.35. The SMILES string of the molecule is CC1OC(CCCO)C[C@@H](C)C1C. The van der Waals surface area contributed by atoms with Gasteiger partial charge < -0.3 is 9.84 Å². The zero-order valence-corrected chi connectivity index (χ0v) is 8.99. The standard InChI is InChI=1S/C11H22O2/c1-8-7-11(5-4-6-12)13-10(3)9(8)2/h8-12H,4-7H2,1-3H3/t8-,9?,10?,11?/m1/s1. The van der Waals surface area contributed by atoms with Gasteiger partial charge in [-0.2, -0.15) is 0 Å². The first-order valence-corrected chi connectivity index (χ1v) is 5.41. The topological polar surface area (TPSA) is 29.5 Å². The molecular formula is C11H22O2. The van der Waals surface area contributed by atoms with Crippen LogP contribution in [0.25, 0.3) is 0 Å². The minimum absolute atomic E-state index is 0.290. The summed E-state index contributed by atoms with van der Waals surface area (Å²) in [6.07, 6.45) is 3.81. The molecule has 0 saturated carbocycles. The summed E-state index contributed by atoms with van der Waals surface area (Å²) in [5.41, 5.74) is 0. The zero-order chi connectivity index (χ0) is 9.84. The highest BCUT2D eigenvalue weighted by Crippen LogP contribution is 2.31. The van der Waals surface area contributed by atoms with Crippen molar-refractivity contribution >= 4 is 0 Å². The van der Waals surface area contributed by atoms with E-state index >= 15 is 0 Å². The number of ether oxygens (including phenoxy) is 1. The summed E-state index contributed by atoms with van der Waals surface area (Å²) in [4.78, 5) is 0. The fourth-order valence-electron chi connectivity index (χ4n) is 2.08. The van der Waals surface area contributed by atoms with Crippen molar-refractivity contribution in [3.63, 3.8) is 0 Å². The van der Waals surface area contributed by atoms with Crippen molar-refractivity contribution < 1.29 is 9.84 Å². The van der Waals surface area contributed by atoms with E-state index < -0.39 is 0 Å². The van der Waals surface area contributed by atoms with Crippen LogP contribution in [0.4, 0.5) is 0 Å². The van der Waals surface area contributed by atoms with Gasteiger partial charge in [-0.05, 0) is 38.0 Å². The molecule has 4 atom stereocenters. The van der Waals surface area contributed by atoms with Gasteiger partial charge >= 0.3 is 0 Å². The minimum Gasteiger partial charge on any atom is -0.396 e. The lowest BCUT2D eigenvalue weighted by Crippen LogP contribution is -2.37. The second kappa shape index (κ2) is 4.97. The van der Waals surface area contributed by atoms with Crippen LogP contribution in [0.5, 0.6) is 0 Å². The molecular weight excluding hydrogens is 164 g/mol. The molecule has 1 saturated heterocycles. The predicted octanol–water partition coefficient (Wildman–Crippen LogP) is 2.21. The van der Waals surface area contributed by atoms with Gasteiger partial charge in [-0.3, -0.25) is 0 Å². The molecule has 1 rings (SSSR count). The minimum atomic E-state index is 0.290. The summed E-state index contributed by atoms with van der Waals surface area (Å²) in [6, 6.07) is 0. The van der Waals surface area contributed by atoms with Gasteiger partial charge in [0.2, 0.25) is 0 Å². The molecule has 78 valence electrons. The van der Waals surface area contributed by atoms with Crippen molar-refractivity contribution in [3.05, 3.63) is 0 Å². The Hall–Kier alpha value is -0.0800. The zero-order valence-electron chi connectivity index (χ0n) is 8.99. The van der Waals surface area contributed by atoms with Crippen LogP contribution in [0.1, 0.15) is 40.0 Å². The highest BCUT2D eigenvalue weighted by atomic mass is 16.5. The third-order valence-corrected chi connectivity index (χ3v) is 3.36. The molecule has 1 N–H and O–H groups in total. The Labute approximate surface area is 81.3 Å². The summed E-state index contributed by atoms with van der Waals surface area (Å²) in [7, 11) is 0. The van der Waals surface area contributed by atoms with E-state index in [1.807, 2.05) is 0 Å². The van der Waals surface area contributed by atoms with Gasteiger partial charge in [-0.1, -0.05) is 13.8 Å². The van der Waals surface area contributed by atoms with Crippen molar-refractivity contribution in [2.24, 2.45) is 11.8 Å². The van der Waals surface area contributed by atoms with Crippen molar-refractivity contribution in [1.82, 2.24) is 0 Å². The lowest BCUT2D eigenvalue weighted by Gasteiger charge is -2.37. The molecule has 0 aliphatic carbocycles. The van der Waals surface area contributed by atoms with E-state index in [1.165, 1.54) is 0 Å². The van der Waals surface area contributed by atoms with E-state index in [0.29, 0.717) is 18.1 Å². The maximum absolute atomic E-state index is 8.73. The van der Waals surface area contributed by atoms with E-state index in [1.54, 1.807) is 0 Å². The summed E-state index contributed by atoms with van der Waals surface area (Å²) < 4.78 is 5.86. The third-order valence-electron chi connectivity index (χ3n) is 3.36. The van der Waals surface area contributed by atoms with E-state index in [9.17, 15) is 0 Å². The molecule has 1 fully saturated rings. The quantitative estimate of drug-likeness (QED) is 0.732. The Morgan fingerprint density at radius 2 is 2.00 bits per heavy atom. The van der Waals surface area contributed by atoms with Gasteiger partial charge in [-0.15, -0.1) is 0 Å². The second-order valence-corrected chi connectivity index (χ2v) is 4.40. The first kappa shape index (κ1) is 11.0. The highest BCUT2D eigenvalue weighted by molar-refractivity contribution is 4.78. The molecule has 1 heterocycles. The molecule has 2 nitrogen and oxygen atoms in total. The third kappa shape index (κ3) is 2.96. The first-order valence-electron chi connectivity index (χ1n) is 5.41. The molecule has 0 aromatic carbocycles. The number of hydrogen-bond donors (Lipinski definition) is 1. The lowest BCUT2D eigenvalue weighted by molar-refractivity contribution is -0.0954. The largest absolute Gasteiger partial charge is 0.396 e. The van der Waals surface area contributed by atoms with Gasteiger partial charge in [0.05, 0.1) is 12.2 Å². The van der Waals surface area contributed by atoms with Gasteiger partial charge in [0, 0.05) is 6.61 Å². The van der Waals surface area contributed by atoms with Gasteiger partial charge in [0.25, 0.3) is 0 Å². The van der Waals surface area contributed by atoms with E-state index in [2.05, 4.69) is 20.8 Å². The molecule has 0 aromatic heterocycles. The summed E-state index contributed by atoms with van der Waals surface area (Å²) in [5.74, 6) is 1.43. The van der Waals surface area contributed by atoms with Crippen LogP contribution in [-0.2, 0) is 4.74 Å². The fourth-order valence-corrected chi connectivity index (χ4v) is 2.08. The van der Waals surface area contributed by atoms with Gasteiger partial charge in [0.15, 0.2) is 0 Å². The number of aliphatic hydroxyl groups is 1. The number of hydrogen-bond acceptors (Lipinski definition) is 2. The van der Waals surface area contributed by atoms with Crippen LogP contribution in [0.3, 0.4) is 0 Å². The van der Waals surface area contributed by atoms with Crippen molar-refractivity contribution in [2.45, 2.75) is 52.2 Å². The van der Waals surface area contributed by atoms with Crippen LogP contribution >= 0.6 is 0 Å². The Kier molecular flexibility index (Phi) is 4.20. The van der Waals surface area contributed by atoms with Crippen LogP contribution in [-0.4, -0.2) is 23.9 Å². The lowest BCUT2D eigenvalue weighted by atomic mass is 9.83. The Morgan fingerprint density at radius 1 is 1.31 bits per heavy atom. The van der Waals surface area contributed by atoms with Crippen LogP contribution in [0.2, 0.25) is 0 Å². The molecule has 2 heteroatoms. The molecule has 0 amide bonds. The Morgan fingerprint density at radius 3 is 2.54 bits per heavy atom. The normalized spacial score (nSPS) is 40.6. The maximum Gasteiger partial charge on any atom is 0.0582 e. The molecule has 13 heavy (non-hydrogen) atoms. The molecule has 1 aliphatic heterocycles. The summed E-state index contributed by atoms with van der Waals surface area (Å²) >= 11 is 0. The summed E-state index contributed by atoms with van der Waals surface area (Å²) in [6.45, 7) is 7.01. The average molecular weight is 186 g/mol. The number of rotatable bonds is 3. The summed E-state index contributed by atoms with van der Waals surface area (Å²) in [5, 5.41) is 8.73. The predicted molar refractivity (Wildman–Crippen MR) is 53.6 cm³/mol. The van der Waals surface area contributed by atoms with Crippen LogP contribution < -0.4 is 0 Å². The second-order valence-electron chi connectivity index (χ2n) is 4.40. The smallest absolute Gasteiger partial charge is 0.0582 e. The maximum atomic E-state index is 8.73. The monoisotopic (exact) mass is 186 g/mol. The average Bonchev–Trinajstić information content (AvgIpc) is 2.10. The van der Waals surface area contributed by atoms with Crippen LogP contribution in [0.15, 0.2) is 0 Å². The van der Waals surface area contributed by atoms with Crippen molar-refractivity contribution in [1.29, 1.82) is 0 Å². The van der Waals surface area contributed by atoms with Gasteiger partial charge in [0.1, 0.15) is 0 Å². The van der Waals surface area contributed by atoms with Gasteiger partial charge in [-0.25, -0.2) is 0 Å². The van der Waals surface area contributed by atoms with E-state index in [0.717, 1.165) is 25.2 Å². The molecule has 0 aromatic rings. The molecule has 1 aliphatic rings. The first-order chi connectivity index (χ1) is 6.15. The van der Waals surface area contributed by atoms with E-state index in [-0.39, 0.29) is 6.61 Å². The van der Waals surface area contributed by atoms with Crippen LogP contribution in [0, 0.1) is 11.8 Å². The molecule has 0 bridgehead atoms. The number of aliphatic hydroxyl groups excluding tert-OH is 1. The van der Waals surface area contributed by atoms with Crippen molar-refractivity contribution in [2.75, 3.05) is 6.61 Å². The molecule has 3 unspecified atom stereocenters. The fraction of sp³-hybridized carbons (Fsp3) is 1.00. The van der Waals surface area contributed by atoms with E-state index in [4.69, 9.17) is 9.84 Å². The molecule has 0 spiro atoms.